The first-order valence-corrected chi connectivity index (χ1v) is 9.93. The maximum Gasteiger partial charge on any atom is 0.538 e. The topological polar surface area (TPSA) is 112 Å². The van der Waals surface area contributed by atoms with Gasteiger partial charge in [-0.25, -0.2) is 8.42 Å². The van der Waals surface area contributed by atoms with Gasteiger partial charge in [-0.3, -0.25) is 9.69 Å². The van der Waals surface area contributed by atoms with Crippen molar-refractivity contribution in [2.75, 3.05) is 11.5 Å². The standard InChI is InChI=1S/C19H17N3O5S/c1-13(23)27-12-15-11-14-7-5-6-10-17(14)22(15)19(24)18(21-20)28(25,26)16-8-3-2-4-9-16/h2-10,15H,11-12H2,1H3/p+1/b19-18-. The van der Waals surface area contributed by atoms with Gasteiger partial charge < -0.3 is 9.84 Å². The molecular formula is C19H18N3O5S+. The van der Waals surface area contributed by atoms with Gasteiger partial charge in [0.25, 0.3) is 9.84 Å². The highest BCUT2D eigenvalue weighted by atomic mass is 32.2. The second-order valence-corrected chi connectivity index (χ2v) is 8.07. The van der Waals surface area contributed by atoms with E-state index >= 15 is 0 Å². The third-order valence-corrected chi connectivity index (χ3v) is 6.04. The summed E-state index contributed by atoms with van der Waals surface area (Å²) >= 11 is 0. The normalized spacial score (nSPS) is 16.7. The van der Waals surface area contributed by atoms with Crippen LogP contribution < -0.4 is 4.90 Å². The smallest absolute Gasteiger partial charge is 0.488 e. The van der Waals surface area contributed by atoms with Crippen LogP contribution in [0.25, 0.3) is 4.98 Å². The van der Waals surface area contributed by atoms with Crippen molar-refractivity contribution in [2.24, 2.45) is 0 Å². The van der Waals surface area contributed by atoms with E-state index in [1.807, 2.05) is 12.1 Å². The van der Waals surface area contributed by atoms with Gasteiger partial charge in [0, 0.05) is 12.6 Å². The van der Waals surface area contributed by atoms with E-state index in [4.69, 9.17) is 4.74 Å². The molecule has 2 aromatic rings. The molecule has 1 aliphatic heterocycles. The van der Waals surface area contributed by atoms with Crippen molar-refractivity contribution in [1.82, 2.24) is 0 Å². The minimum absolute atomic E-state index is 0.0713. The Morgan fingerprint density at radius 3 is 2.50 bits per heavy atom. The maximum atomic E-state index is 12.9. The van der Waals surface area contributed by atoms with Gasteiger partial charge in [-0.2, -0.15) is 0 Å². The van der Waals surface area contributed by atoms with Gasteiger partial charge >= 0.3 is 16.9 Å². The SMILES string of the molecule is CC(=O)OCC1Cc2ccccc2N1/C(O)=C(\[N+]#N)S(=O)(=O)c1ccccc1. The van der Waals surface area contributed by atoms with Gasteiger partial charge in [-0.1, -0.05) is 36.4 Å². The molecule has 1 aliphatic rings. The fourth-order valence-electron chi connectivity index (χ4n) is 3.13. The first-order valence-electron chi connectivity index (χ1n) is 8.45. The molecule has 0 saturated heterocycles. The number of ether oxygens (including phenoxy) is 1. The molecule has 0 aliphatic carbocycles. The predicted octanol–water partition coefficient (Wildman–Crippen LogP) is 2.99. The Bertz CT molecular complexity index is 1070. The molecule has 144 valence electrons. The number of benzene rings is 2. The molecule has 28 heavy (non-hydrogen) atoms. The van der Waals surface area contributed by atoms with E-state index in [9.17, 15) is 23.7 Å². The van der Waals surface area contributed by atoms with Crippen LogP contribution in [0.3, 0.4) is 0 Å². The van der Waals surface area contributed by atoms with Crippen molar-refractivity contribution >= 4 is 21.5 Å². The Labute approximate surface area is 162 Å². The molecule has 0 saturated carbocycles. The number of hydrogen-bond donors (Lipinski definition) is 1. The van der Waals surface area contributed by atoms with Gasteiger partial charge in [-0.15, -0.1) is 0 Å². The fourth-order valence-corrected chi connectivity index (χ4v) is 4.31. The molecule has 1 N–H and O–H groups in total. The zero-order valence-electron chi connectivity index (χ0n) is 15.0. The van der Waals surface area contributed by atoms with Crippen LogP contribution in [0.4, 0.5) is 5.69 Å². The zero-order valence-corrected chi connectivity index (χ0v) is 15.8. The zero-order chi connectivity index (χ0) is 20.3. The van der Waals surface area contributed by atoms with Crippen molar-refractivity contribution in [3.8, 4) is 0 Å². The first-order chi connectivity index (χ1) is 13.4. The molecule has 0 spiro atoms. The molecule has 2 aromatic carbocycles. The lowest BCUT2D eigenvalue weighted by atomic mass is 10.1. The summed E-state index contributed by atoms with van der Waals surface area (Å²) in [4.78, 5) is 15.3. The van der Waals surface area contributed by atoms with E-state index in [1.54, 1.807) is 18.2 Å². The summed E-state index contributed by atoms with van der Waals surface area (Å²) in [5.41, 5.74) is 1.38. The Kier molecular flexibility index (Phi) is 5.33. The van der Waals surface area contributed by atoms with Crippen LogP contribution in [0.1, 0.15) is 12.5 Å². The third-order valence-electron chi connectivity index (χ3n) is 4.37. The van der Waals surface area contributed by atoms with Crippen LogP contribution in [0.15, 0.2) is 70.4 Å². The summed E-state index contributed by atoms with van der Waals surface area (Å²) in [6.07, 6.45) is 0.414. The van der Waals surface area contributed by atoms with Gasteiger partial charge in [0.15, 0.2) is 4.98 Å². The number of carbonyl (C=O) groups is 1. The molecule has 8 nitrogen and oxygen atoms in total. The Hall–Kier alpha value is -3.38. The monoisotopic (exact) mass is 400 g/mol. The minimum Gasteiger partial charge on any atom is -0.488 e. The first kappa shape index (κ1) is 19.4. The predicted molar refractivity (Wildman–Crippen MR) is 101 cm³/mol. The van der Waals surface area contributed by atoms with Crippen LogP contribution in [0.5, 0.6) is 0 Å². The maximum absolute atomic E-state index is 12.9. The lowest BCUT2D eigenvalue weighted by molar-refractivity contribution is -0.141. The summed E-state index contributed by atoms with van der Waals surface area (Å²) in [5, 5.41) is 19.4. The van der Waals surface area contributed by atoms with Gasteiger partial charge in [0.05, 0.1) is 10.9 Å². The molecule has 1 heterocycles. The lowest BCUT2D eigenvalue weighted by Gasteiger charge is -2.24. The van der Waals surface area contributed by atoms with E-state index in [1.165, 1.54) is 36.1 Å². The summed E-state index contributed by atoms with van der Waals surface area (Å²) in [7, 11) is -4.28. The van der Waals surface area contributed by atoms with Crippen LogP contribution in [0.2, 0.25) is 0 Å². The molecule has 1 atom stereocenters. The van der Waals surface area contributed by atoms with Crippen LogP contribution in [-0.4, -0.2) is 32.1 Å². The number of anilines is 1. The van der Waals surface area contributed by atoms with Crippen molar-refractivity contribution in [1.29, 1.82) is 5.39 Å². The molecule has 0 aromatic heterocycles. The Balaban J connectivity index is 2.11. The van der Waals surface area contributed by atoms with E-state index in [0.717, 1.165) is 5.56 Å². The number of aliphatic hydroxyl groups excluding tert-OH is 1. The number of hydrogen-bond acceptors (Lipinski definition) is 7. The highest BCUT2D eigenvalue weighted by Crippen LogP contribution is 2.37. The van der Waals surface area contributed by atoms with Crippen LogP contribution in [-0.2, 0) is 25.8 Å². The number of carbonyl (C=O) groups excluding carboxylic acids is 1. The number of fused-ring (bicyclic) bond motifs is 1. The number of esters is 1. The molecule has 1 unspecified atom stereocenters. The van der Waals surface area contributed by atoms with Gasteiger partial charge in [0.1, 0.15) is 6.61 Å². The second-order valence-electron chi connectivity index (χ2n) is 6.20. The second kappa shape index (κ2) is 7.70. The summed E-state index contributed by atoms with van der Waals surface area (Å²) < 4.78 is 30.8. The Morgan fingerprint density at radius 2 is 1.86 bits per heavy atom. The largest absolute Gasteiger partial charge is 0.538 e. The van der Waals surface area contributed by atoms with Gasteiger partial charge in [0.2, 0.25) is 5.39 Å². The number of aliphatic hydroxyl groups is 1. The molecule has 9 heteroatoms. The number of sulfone groups is 1. The highest BCUT2D eigenvalue weighted by Gasteiger charge is 2.44. The van der Waals surface area contributed by atoms with Crippen molar-refractivity contribution in [3.63, 3.8) is 0 Å². The fraction of sp³-hybridized carbons (Fsp3) is 0.211. The average molecular weight is 400 g/mol. The highest BCUT2D eigenvalue weighted by molar-refractivity contribution is 7.95. The van der Waals surface area contributed by atoms with Crippen molar-refractivity contribution in [3.05, 3.63) is 76.0 Å². The lowest BCUT2D eigenvalue weighted by Crippen LogP contribution is -2.36. The van der Waals surface area contributed by atoms with Crippen LogP contribution in [0, 0.1) is 5.39 Å². The van der Waals surface area contributed by atoms with E-state index in [-0.39, 0.29) is 11.5 Å². The average Bonchev–Trinajstić information content (AvgIpc) is 3.05. The number of nitrogens with zero attached hydrogens (tertiary/aromatic N) is 3. The number of para-hydroxylation sites is 1. The molecule has 0 amide bonds. The van der Waals surface area contributed by atoms with Crippen LogP contribution >= 0.6 is 0 Å². The molecule has 0 fully saturated rings. The third kappa shape index (κ3) is 3.54. The Morgan fingerprint density at radius 1 is 1.21 bits per heavy atom. The van der Waals surface area contributed by atoms with Gasteiger partial charge in [-0.05, 0) is 30.2 Å². The minimum atomic E-state index is -4.28. The number of rotatable bonds is 5. The molecule has 0 bridgehead atoms. The molecule has 0 radical (unpaired) electrons. The molecule has 3 rings (SSSR count). The molecular weight excluding hydrogens is 382 g/mol. The quantitative estimate of drug-likeness (QED) is 0.466. The summed E-state index contributed by atoms with van der Waals surface area (Å²) in [5.74, 6) is -1.24. The van der Waals surface area contributed by atoms with Crippen molar-refractivity contribution in [2.45, 2.75) is 24.3 Å². The summed E-state index contributed by atoms with van der Waals surface area (Å²) in [6.45, 7) is 1.19. The summed E-state index contributed by atoms with van der Waals surface area (Å²) in [6, 6.07) is 13.9. The van der Waals surface area contributed by atoms with E-state index in [0.29, 0.717) is 12.1 Å². The van der Waals surface area contributed by atoms with E-state index in [2.05, 4.69) is 4.98 Å². The van der Waals surface area contributed by atoms with Crippen molar-refractivity contribution < 1.29 is 23.1 Å². The van der Waals surface area contributed by atoms with E-state index < -0.39 is 32.8 Å². The number of diazo groups is 1.